The largest absolute Gasteiger partial charge is 0.356 e. The Morgan fingerprint density at radius 1 is 1.17 bits per heavy atom. The van der Waals surface area contributed by atoms with E-state index in [1.807, 2.05) is 18.2 Å². The lowest BCUT2D eigenvalue weighted by Crippen LogP contribution is -2.34. The third-order valence-electron chi connectivity index (χ3n) is 3.50. The normalized spacial score (nSPS) is 16.7. The predicted molar refractivity (Wildman–Crippen MR) is 70.1 cm³/mol. The van der Waals surface area contributed by atoms with Crippen LogP contribution in [0, 0.1) is 17.2 Å². The highest BCUT2D eigenvalue weighted by Crippen LogP contribution is 2.26. The van der Waals surface area contributed by atoms with Crippen LogP contribution < -0.4 is 4.90 Å². The standard InChI is InChI=1S/C14H14N4/c15-9-11-5-7-18(8-6-11)14-12-3-1-2-4-13(12)16-10-17-14/h1-4,10-11H,5-8H2. The highest BCUT2D eigenvalue weighted by molar-refractivity contribution is 5.89. The van der Waals surface area contributed by atoms with Crippen molar-refractivity contribution in [3.8, 4) is 6.07 Å². The van der Waals surface area contributed by atoms with Crippen LogP contribution in [-0.2, 0) is 0 Å². The molecule has 0 saturated carbocycles. The number of benzene rings is 1. The molecule has 1 aromatic carbocycles. The van der Waals surface area contributed by atoms with Crippen molar-refractivity contribution in [2.24, 2.45) is 5.92 Å². The van der Waals surface area contributed by atoms with Gasteiger partial charge in [-0.1, -0.05) is 12.1 Å². The number of hydrogen-bond acceptors (Lipinski definition) is 4. The number of nitriles is 1. The number of aromatic nitrogens is 2. The van der Waals surface area contributed by atoms with Crippen molar-refractivity contribution in [3.63, 3.8) is 0 Å². The molecule has 3 rings (SSSR count). The van der Waals surface area contributed by atoms with Crippen LogP contribution in [0.5, 0.6) is 0 Å². The molecule has 1 aliphatic rings. The van der Waals surface area contributed by atoms with E-state index in [9.17, 15) is 0 Å². The van der Waals surface area contributed by atoms with Crippen molar-refractivity contribution < 1.29 is 0 Å². The zero-order valence-corrected chi connectivity index (χ0v) is 10.1. The van der Waals surface area contributed by atoms with Gasteiger partial charge < -0.3 is 4.90 Å². The number of piperidine rings is 1. The van der Waals surface area contributed by atoms with Gasteiger partial charge in [-0.25, -0.2) is 9.97 Å². The van der Waals surface area contributed by atoms with Gasteiger partial charge in [0.15, 0.2) is 0 Å². The number of rotatable bonds is 1. The van der Waals surface area contributed by atoms with Crippen molar-refractivity contribution in [3.05, 3.63) is 30.6 Å². The molecule has 2 aromatic rings. The Balaban J connectivity index is 1.94. The summed E-state index contributed by atoms with van der Waals surface area (Å²) in [5.74, 6) is 1.20. The highest BCUT2D eigenvalue weighted by Gasteiger charge is 2.20. The van der Waals surface area contributed by atoms with Crippen molar-refractivity contribution >= 4 is 16.7 Å². The first kappa shape index (κ1) is 11.0. The van der Waals surface area contributed by atoms with Crippen LogP contribution in [0.15, 0.2) is 30.6 Å². The van der Waals surface area contributed by atoms with Gasteiger partial charge in [-0.15, -0.1) is 0 Å². The second kappa shape index (κ2) is 4.61. The number of anilines is 1. The minimum atomic E-state index is 0.203. The summed E-state index contributed by atoms with van der Waals surface area (Å²) in [6.45, 7) is 1.80. The Bertz CT molecular complexity index is 589. The van der Waals surface area contributed by atoms with Crippen molar-refractivity contribution in [1.82, 2.24) is 9.97 Å². The average molecular weight is 238 g/mol. The van der Waals surface area contributed by atoms with E-state index in [1.165, 1.54) is 0 Å². The van der Waals surface area contributed by atoms with E-state index in [1.54, 1.807) is 6.33 Å². The molecular formula is C14H14N4. The monoisotopic (exact) mass is 238 g/mol. The fourth-order valence-corrected chi connectivity index (χ4v) is 2.46. The lowest BCUT2D eigenvalue weighted by Gasteiger charge is -2.30. The quantitative estimate of drug-likeness (QED) is 0.765. The molecule has 1 fully saturated rings. The summed E-state index contributed by atoms with van der Waals surface area (Å²) in [6, 6.07) is 10.4. The maximum atomic E-state index is 8.93. The van der Waals surface area contributed by atoms with Gasteiger partial charge in [0.2, 0.25) is 0 Å². The van der Waals surface area contributed by atoms with Gasteiger partial charge in [-0.05, 0) is 25.0 Å². The Morgan fingerprint density at radius 3 is 2.72 bits per heavy atom. The fourth-order valence-electron chi connectivity index (χ4n) is 2.46. The van der Waals surface area contributed by atoms with Crippen LogP contribution in [0.1, 0.15) is 12.8 Å². The molecule has 1 aromatic heterocycles. The van der Waals surface area contributed by atoms with E-state index < -0.39 is 0 Å². The second-order valence-electron chi connectivity index (χ2n) is 4.60. The Morgan fingerprint density at radius 2 is 1.94 bits per heavy atom. The van der Waals surface area contributed by atoms with E-state index in [4.69, 9.17) is 5.26 Å². The molecule has 0 unspecified atom stereocenters. The van der Waals surface area contributed by atoms with Gasteiger partial charge in [0.25, 0.3) is 0 Å². The molecule has 18 heavy (non-hydrogen) atoms. The third kappa shape index (κ3) is 1.88. The summed E-state index contributed by atoms with van der Waals surface area (Å²) in [4.78, 5) is 11.0. The Labute approximate surface area is 106 Å². The van der Waals surface area contributed by atoms with Gasteiger partial charge in [0.1, 0.15) is 12.1 Å². The molecule has 4 nitrogen and oxygen atoms in total. The summed E-state index contributed by atoms with van der Waals surface area (Å²) in [6.07, 6.45) is 3.47. The lowest BCUT2D eigenvalue weighted by atomic mass is 9.98. The molecule has 0 aliphatic carbocycles. The average Bonchev–Trinajstić information content (AvgIpc) is 2.47. The molecule has 0 amide bonds. The van der Waals surface area contributed by atoms with Crippen molar-refractivity contribution in [1.29, 1.82) is 5.26 Å². The number of fused-ring (bicyclic) bond motifs is 1. The summed E-state index contributed by atoms with van der Waals surface area (Å²) >= 11 is 0. The van der Waals surface area contributed by atoms with E-state index in [0.717, 1.165) is 42.7 Å². The van der Waals surface area contributed by atoms with Gasteiger partial charge >= 0.3 is 0 Å². The first-order chi connectivity index (χ1) is 8.88. The SMILES string of the molecule is N#CC1CCN(c2ncnc3ccccc23)CC1. The Hall–Kier alpha value is -2.15. The lowest BCUT2D eigenvalue weighted by molar-refractivity contribution is 0.486. The molecule has 1 saturated heterocycles. The first-order valence-electron chi connectivity index (χ1n) is 6.23. The zero-order chi connectivity index (χ0) is 12.4. The predicted octanol–water partition coefficient (Wildman–Crippen LogP) is 2.37. The third-order valence-corrected chi connectivity index (χ3v) is 3.50. The zero-order valence-electron chi connectivity index (χ0n) is 10.1. The van der Waals surface area contributed by atoms with E-state index >= 15 is 0 Å². The smallest absolute Gasteiger partial charge is 0.139 e. The topological polar surface area (TPSA) is 52.8 Å². The van der Waals surface area contributed by atoms with Crippen LogP contribution in [0.25, 0.3) is 10.9 Å². The summed E-state index contributed by atoms with van der Waals surface area (Å²) in [5.41, 5.74) is 0.977. The maximum Gasteiger partial charge on any atom is 0.139 e. The number of nitrogens with zero attached hydrogens (tertiary/aromatic N) is 4. The fraction of sp³-hybridized carbons (Fsp3) is 0.357. The van der Waals surface area contributed by atoms with Crippen LogP contribution in [-0.4, -0.2) is 23.1 Å². The summed E-state index contributed by atoms with van der Waals surface area (Å²) in [7, 11) is 0. The molecule has 0 atom stereocenters. The van der Waals surface area contributed by atoms with Crippen molar-refractivity contribution in [2.45, 2.75) is 12.8 Å². The number of para-hydroxylation sites is 1. The number of hydrogen-bond donors (Lipinski definition) is 0. The molecule has 1 aliphatic heterocycles. The van der Waals surface area contributed by atoms with E-state index in [0.29, 0.717) is 0 Å². The molecule has 0 N–H and O–H groups in total. The molecule has 0 radical (unpaired) electrons. The van der Waals surface area contributed by atoms with Crippen molar-refractivity contribution in [2.75, 3.05) is 18.0 Å². The molecule has 0 spiro atoms. The van der Waals surface area contributed by atoms with Crippen LogP contribution in [0.4, 0.5) is 5.82 Å². The minimum Gasteiger partial charge on any atom is -0.356 e. The highest BCUT2D eigenvalue weighted by atomic mass is 15.2. The van der Waals surface area contributed by atoms with Crippen LogP contribution in [0.3, 0.4) is 0 Å². The molecular weight excluding hydrogens is 224 g/mol. The van der Waals surface area contributed by atoms with Gasteiger partial charge in [0, 0.05) is 24.4 Å². The van der Waals surface area contributed by atoms with Crippen LogP contribution in [0.2, 0.25) is 0 Å². The van der Waals surface area contributed by atoms with E-state index in [2.05, 4.69) is 27.0 Å². The maximum absolute atomic E-state index is 8.93. The molecule has 2 heterocycles. The summed E-state index contributed by atoms with van der Waals surface area (Å²) in [5, 5.41) is 10.0. The molecule has 4 heteroatoms. The minimum absolute atomic E-state index is 0.203. The molecule has 90 valence electrons. The second-order valence-corrected chi connectivity index (χ2v) is 4.60. The van der Waals surface area contributed by atoms with Gasteiger partial charge in [0.05, 0.1) is 11.6 Å². The van der Waals surface area contributed by atoms with Gasteiger partial charge in [-0.2, -0.15) is 5.26 Å². The van der Waals surface area contributed by atoms with Gasteiger partial charge in [-0.3, -0.25) is 0 Å². The van der Waals surface area contributed by atoms with E-state index in [-0.39, 0.29) is 5.92 Å². The summed E-state index contributed by atoms with van der Waals surface area (Å²) < 4.78 is 0. The first-order valence-corrected chi connectivity index (χ1v) is 6.23. The molecule has 0 bridgehead atoms. The van der Waals surface area contributed by atoms with Crippen LogP contribution >= 0.6 is 0 Å². The Kier molecular flexibility index (Phi) is 2.81.